The second kappa shape index (κ2) is 7.60. The number of rotatable bonds is 3. The molecule has 0 radical (unpaired) electrons. The van der Waals surface area contributed by atoms with Crippen molar-refractivity contribution in [3.63, 3.8) is 0 Å². The minimum Gasteiger partial charge on any atom is -0.466 e. The monoisotopic (exact) mass is 371 g/mol. The van der Waals surface area contributed by atoms with Gasteiger partial charge < -0.3 is 14.4 Å². The van der Waals surface area contributed by atoms with E-state index in [0.717, 1.165) is 0 Å². The Bertz CT molecular complexity index is 639. The zero-order valence-corrected chi connectivity index (χ0v) is 15.6. The molecule has 0 bridgehead atoms. The lowest BCUT2D eigenvalue weighted by Crippen LogP contribution is -2.36. The first-order chi connectivity index (χ1) is 11.6. The Morgan fingerprint density at radius 1 is 1.32 bits per heavy atom. The number of nitrogens with zero attached hydrogens (tertiary/aromatic N) is 1. The predicted molar refractivity (Wildman–Crippen MR) is 92.1 cm³/mol. The van der Waals surface area contributed by atoms with Crippen molar-refractivity contribution >= 4 is 23.7 Å². The molecule has 1 aliphatic rings. The Morgan fingerprint density at radius 3 is 2.56 bits per heavy atom. The molecule has 5 nitrogen and oxygen atoms in total. The van der Waals surface area contributed by atoms with Gasteiger partial charge in [0.25, 0.3) is 0 Å². The third kappa shape index (κ3) is 4.63. The van der Waals surface area contributed by atoms with Crippen molar-refractivity contribution < 1.29 is 23.5 Å². The summed E-state index contributed by atoms with van der Waals surface area (Å²) in [6.45, 7) is 7.42. The molecule has 25 heavy (non-hydrogen) atoms. The zero-order valence-electron chi connectivity index (χ0n) is 14.8. The third-order valence-electron chi connectivity index (χ3n) is 3.93. The Morgan fingerprint density at radius 2 is 2.00 bits per heavy atom. The van der Waals surface area contributed by atoms with Gasteiger partial charge in [-0.3, -0.25) is 4.79 Å². The van der Waals surface area contributed by atoms with Crippen LogP contribution in [0.25, 0.3) is 0 Å². The summed E-state index contributed by atoms with van der Waals surface area (Å²) >= 11 is 6.16. The standard InChI is InChI=1S/C18H23ClFNO4/c1-5-24-16(22)12-10-21(17(23)25-18(2,3)4)9-11(12)15-13(19)7-6-8-14(15)20/h6-8,11-12H,5,9-10H2,1-4H3/t11-,12+/m0/s1. The molecule has 1 aliphatic heterocycles. The summed E-state index contributed by atoms with van der Waals surface area (Å²) in [4.78, 5) is 26.1. The van der Waals surface area contributed by atoms with E-state index < -0.39 is 35.3 Å². The highest BCUT2D eigenvalue weighted by Gasteiger charge is 2.44. The maximum atomic E-state index is 14.4. The molecule has 2 atom stereocenters. The number of carbonyl (C=O) groups excluding carboxylic acids is 2. The van der Waals surface area contributed by atoms with Gasteiger partial charge in [0.2, 0.25) is 0 Å². The van der Waals surface area contributed by atoms with Gasteiger partial charge in [-0.05, 0) is 39.8 Å². The molecule has 0 aromatic heterocycles. The molecule has 1 saturated heterocycles. The number of esters is 1. The second-order valence-electron chi connectivity index (χ2n) is 6.99. The molecule has 138 valence electrons. The van der Waals surface area contributed by atoms with Crippen LogP contribution < -0.4 is 0 Å². The van der Waals surface area contributed by atoms with Crippen LogP contribution in [0.1, 0.15) is 39.2 Å². The first-order valence-electron chi connectivity index (χ1n) is 8.22. The Balaban J connectivity index is 2.32. The fraction of sp³-hybridized carbons (Fsp3) is 0.556. The topological polar surface area (TPSA) is 55.8 Å². The van der Waals surface area contributed by atoms with Crippen LogP contribution in [-0.4, -0.2) is 42.3 Å². The van der Waals surface area contributed by atoms with E-state index in [2.05, 4.69) is 0 Å². The lowest BCUT2D eigenvalue weighted by Gasteiger charge is -2.24. The average Bonchev–Trinajstić information content (AvgIpc) is 2.91. The van der Waals surface area contributed by atoms with Gasteiger partial charge in [0.1, 0.15) is 11.4 Å². The highest BCUT2D eigenvalue weighted by Crippen LogP contribution is 2.39. The van der Waals surface area contributed by atoms with Crippen LogP contribution in [0.3, 0.4) is 0 Å². The predicted octanol–water partition coefficient (Wildman–Crippen LogP) is 3.99. The molecular formula is C18H23ClFNO4. The Kier molecular flexibility index (Phi) is 5.93. The van der Waals surface area contributed by atoms with E-state index in [4.69, 9.17) is 21.1 Å². The fourth-order valence-corrected chi connectivity index (χ4v) is 3.23. The molecule has 1 aromatic carbocycles. The van der Waals surface area contributed by atoms with E-state index in [0.29, 0.717) is 0 Å². The molecule has 0 spiro atoms. The van der Waals surface area contributed by atoms with Gasteiger partial charge in [0.05, 0.1) is 12.5 Å². The summed E-state index contributed by atoms with van der Waals surface area (Å²) in [5, 5.41) is 0.227. The van der Waals surface area contributed by atoms with Gasteiger partial charge in [-0.15, -0.1) is 0 Å². The van der Waals surface area contributed by atoms with Crippen molar-refractivity contribution in [2.75, 3.05) is 19.7 Å². The number of amides is 1. The lowest BCUT2D eigenvalue weighted by atomic mass is 9.88. The summed E-state index contributed by atoms with van der Waals surface area (Å²) in [6, 6.07) is 4.36. The van der Waals surface area contributed by atoms with Gasteiger partial charge in [0, 0.05) is 29.6 Å². The Labute approximate surface area is 152 Å². The van der Waals surface area contributed by atoms with E-state index in [-0.39, 0.29) is 30.3 Å². The van der Waals surface area contributed by atoms with Crippen molar-refractivity contribution in [3.8, 4) is 0 Å². The van der Waals surface area contributed by atoms with Gasteiger partial charge in [-0.25, -0.2) is 9.18 Å². The molecular weight excluding hydrogens is 349 g/mol. The number of hydrogen-bond acceptors (Lipinski definition) is 4. The van der Waals surface area contributed by atoms with E-state index in [9.17, 15) is 14.0 Å². The molecule has 1 aromatic rings. The summed E-state index contributed by atoms with van der Waals surface area (Å²) in [6.07, 6.45) is -0.545. The third-order valence-corrected chi connectivity index (χ3v) is 4.26. The van der Waals surface area contributed by atoms with E-state index in [1.807, 2.05) is 0 Å². The molecule has 2 rings (SSSR count). The summed E-state index contributed by atoms with van der Waals surface area (Å²) in [7, 11) is 0. The number of likely N-dealkylation sites (tertiary alicyclic amines) is 1. The van der Waals surface area contributed by atoms with Gasteiger partial charge >= 0.3 is 12.1 Å². The number of hydrogen-bond donors (Lipinski definition) is 0. The van der Waals surface area contributed by atoms with E-state index >= 15 is 0 Å². The molecule has 1 amide bonds. The van der Waals surface area contributed by atoms with Gasteiger partial charge in [-0.2, -0.15) is 0 Å². The largest absolute Gasteiger partial charge is 0.466 e. The molecule has 0 N–H and O–H groups in total. The van der Waals surface area contributed by atoms with Crippen molar-refractivity contribution in [1.29, 1.82) is 0 Å². The second-order valence-corrected chi connectivity index (χ2v) is 7.39. The number of halogens is 2. The first kappa shape index (κ1) is 19.5. The van der Waals surface area contributed by atoms with Crippen LogP contribution in [0.4, 0.5) is 9.18 Å². The lowest BCUT2D eigenvalue weighted by molar-refractivity contribution is -0.147. The minimum atomic E-state index is -0.693. The quantitative estimate of drug-likeness (QED) is 0.754. The Hall–Kier alpha value is -1.82. The molecule has 0 aliphatic carbocycles. The van der Waals surface area contributed by atoms with Crippen LogP contribution in [0.2, 0.25) is 5.02 Å². The van der Waals surface area contributed by atoms with Crippen LogP contribution in [-0.2, 0) is 14.3 Å². The number of benzene rings is 1. The van der Waals surface area contributed by atoms with Gasteiger partial charge in [0.15, 0.2) is 0 Å². The molecule has 1 fully saturated rings. The maximum Gasteiger partial charge on any atom is 0.410 e. The van der Waals surface area contributed by atoms with Gasteiger partial charge in [-0.1, -0.05) is 17.7 Å². The summed E-state index contributed by atoms with van der Waals surface area (Å²) in [5.41, 5.74) is -0.433. The van der Waals surface area contributed by atoms with Crippen LogP contribution in [0, 0.1) is 11.7 Å². The average molecular weight is 372 g/mol. The van der Waals surface area contributed by atoms with E-state index in [1.54, 1.807) is 33.8 Å². The first-order valence-corrected chi connectivity index (χ1v) is 8.60. The van der Waals surface area contributed by atoms with Crippen LogP contribution in [0.15, 0.2) is 18.2 Å². The number of carbonyl (C=O) groups is 2. The number of ether oxygens (including phenoxy) is 2. The van der Waals surface area contributed by atoms with E-state index in [1.165, 1.54) is 17.0 Å². The van der Waals surface area contributed by atoms with Crippen LogP contribution >= 0.6 is 11.6 Å². The molecule has 7 heteroatoms. The van der Waals surface area contributed by atoms with Crippen molar-refractivity contribution in [1.82, 2.24) is 4.90 Å². The fourth-order valence-electron chi connectivity index (χ4n) is 2.92. The highest BCUT2D eigenvalue weighted by atomic mass is 35.5. The zero-order chi connectivity index (χ0) is 18.8. The van der Waals surface area contributed by atoms with Crippen molar-refractivity contribution in [2.45, 2.75) is 39.2 Å². The van der Waals surface area contributed by atoms with Crippen LogP contribution in [0.5, 0.6) is 0 Å². The molecule has 0 saturated carbocycles. The maximum absolute atomic E-state index is 14.4. The normalized spacial score (nSPS) is 20.5. The highest BCUT2D eigenvalue weighted by molar-refractivity contribution is 6.31. The minimum absolute atomic E-state index is 0.100. The van der Waals surface area contributed by atoms with Crippen molar-refractivity contribution in [3.05, 3.63) is 34.6 Å². The molecule has 1 heterocycles. The van der Waals surface area contributed by atoms with Crippen molar-refractivity contribution in [2.24, 2.45) is 5.92 Å². The summed E-state index contributed by atoms with van der Waals surface area (Å²) < 4.78 is 24.8. The molecule has 0 unspecified atom stereocenters. The SMILES string of the molecule is CCOC(=O)[C@@H]1CN(C(=O)OC(C)(C)C)C[C@@H]1c1c(F)cccc1Cl. The smallest absolute Gasteiger partial charge is 0.410 e. The summed E-state index contributed by atoms with van der Waals surface area (Å²) in [5.74, 6) is -2.25.